The lowest BCUT2D eigenvalue weighted by Gasteiger charge is -2.21. The van der Waals surface area contributed by atoms with E-state index in [2.05, 4.69) is 5.32 Å². The lowest BCUT2D eigenvalue weighted by atomic mass is 9.93. The van der Waals surface area contributed by atoms with E-state index in [4.69, 9.17) is 20.8 Å². The molecule has 152 valence electrons. The topological polar surface area (TPSA) is 168 Å². The van der Waals surface area contributed by atoms with E-state index in [-0.39, 0.29) is 30.4 Å². The van der Waals surface area contributed by atoms with Crippen LogP contribution in [0.4, 0.5) is 5.69 Å². The summed E-state index contributed by atoms with van der Waals surface area (Å²) in [6, 6.07) is 2.34. The van der Waals surface area contributed by atoms with Crippen molar-refractivity contribution in [2.24, 2.45) is 16.6 Å². The van der Waals surface area contributed by atoms with E-state index in [1.165, 1.54) is 0 Å². The second-order valence-electron chi connectivity index (χ2n) is 6.97. The summed E-state index contributed by atoms with van der Waals surface area (Å²) in [6.07, 6.45) is 0.131. The molecule has 2 amide bonds. The fraction of sp³-hybridized carbons (Fsp3) is 0.529. The zero-order chi connectivity index (χ0) is 20.9. The van der Waals surface area contributed by atoms with Crippen molar-refractivity contribution >= 4 is 27.8 Å². The van der Waals surface area contributed by atoms with Gasteiger partial charge < -0.3 is 21.0 Å². The Labute approximate surface area is 159 Å². The van der Waals surface area contributed by atoms with E-state index >= 15 is 0 Å². The van der Waals surface area contributed by atoms with Crippen LogP contribution in [0.3, 0.4) is 0 Å². The van der Waals surface area contributed by atoms with Crippen LogP contribution in [-0.4, -0.2) is 26.3 Å². The molecule has 1 rings (SSSR count). The van der Waals surface area contributed by atoms with E-state index in [0.29, 0.717) is 16.8 Å². The smallest absolute Gasteiger partial charge is 0.370 e. The highest BCUT2D eigenvalue weighted by molar-refractivity contribution is 7.84. The molecular weight excluding hydrogens is 372 g/mol. The summed E-state index contributed by atoms with van der Waals surface area (Å²) in [5, 5.41) is 7.74. The largest absolute Gasteiger partial charge is 0.380 e. The van der Waals surface area contributed by atoms with Crippen molar-refractivity contribution in [2.45, 2.75) is 58.4 Å². The van der Waals surface area contributed by atoms with Gasteiger partial charge in [-0.15, -0.1) is 0 Å². The third-order valence-corrected chi connectivity index (χ3v) is 4.29. The van der Waals surface area contributed by atoms with Gasteiger partial charge in [-0.1, -0.05) is 27.7 Å². The monoisotopic (exact) mass is 400 g/mol. The quantitative estimate of drug-likeness (QED) is 0.483. The van der Waals surface area contributed by atoms with Gasteiger partial charge in [-0.3, -0.25) is 9.59 Å². The third-order valence-electron chi connectivity index (χ3n) is 3.90. The second kappa shape index (κ2) is 9.16. The van der Waals surface area contributed by atoms with Crippen LogP contribution in [0.25, 0.3) is 0 Å². The van der Waals surface area contributed by atoms with E-state index < -0.39 is 28.2 Å². The number of amides is 2. The fourth-order valence-electron chi connectivity index (χ4n) is 2.48. The van der Waals surface area contributed by atoms with Crippen molar-refractivity contribution in [1.29, 1.82) is 0 Å². The van der Waals surface area contributed by atoms with Gasteiger partial charge >= 0.3 is 10.3 Å². The number of nitrogens with two attached hydrogens (primary N) is 3. The lowest BCUT2D eigenvalue weighted by molar-refractivity contribution is -0.119. The molecule has 0 saturated heterocycles. The molecule has 1 aromatic rings. The summed E-state index contributed by atoms with van der Waals surface area (Å²) in [6.45, 7) is 7.44. The molecule has 0 aliphatic carbocycles. The van der Waals surface area contributed by atoms with Gasteiger partial charge in [-0.2, -0.15) is 13.6 Å². The van der Waals surface area contributed by atoms with Crippen molar-refractivity contribution < 1.29 is 22.2 Å². The molecule has 0 aromatic heterocycles. The highest BCUT2D eigenvalue weighted by atomic mass is 32.2. The maximum Gasteiger partial charge on any atom is 0.380 e. The van der Waals surface area contributed by atoms with E-state index in [9.17, 15) is 18.0 Å². The van der Waals surface area contributed by atoms with Gasteiger partial charge in [0.2, 0.25) is 11.8 Å². The van der Waals surface area contributed by atoms with Crippen molar-refractivity contribution in [1.82, 2.24) is 0 Å². The van der Waals surface area contributed by atoms with Crippen LogP contribution in [0, 0.1) is 0 Å². The second-order valence-corrected chi connectivity index (χ2v) is 8.12. The summed E-state index contributed by atoms with van der Waals surface area (Å²) in [4.78, 5) is 23.1. The molecule has 27 heavy (non-hydrogen) atoms. The fourth-order valence-corrected chi connectivity index (χ4v) is 2.91. The van der Waals surface area contributed by atoms with Gasteiger partial charge in [0.1, 0.15) is 0 Å². The van der Waals surface area contributed by atoms with Crippen LogP contribution in [0.15, 0.2) is 12.1 Å². The Bertz CT molecular complexity index is 777. The van der Waals surface area contributed by atoms with Gasteiger partial charge in [-0.05, 0) is 30.4 Å². The van der Waals surface area contributed by atoms with Crippen molar-refractivity contribution in [3.8, 4) is 5.75 Å². The van der Waals surface area contributed by atoms with Crippen LogP contribution < -0.4 is 26.1 Å². The average molecular weight is 401 g/mol. The molecule has 1 aromatic carbocycles. The summed E-state index contributed by atoms with van der Waals surface area (Å²) in [5.41, 5.74) is 12.5. The van der Waals surface area contributed by atoms with Gasteiger partial charge in [0.25, 0.3) is 0 Å². The minimum Gasteiger partial charge on any atom is -0.370 e. The minimum atomic E-state index is -4.21. The molecule has 0 saturated carbocycles. The highest BCUT2D eigenvalue weighted by Crippen LogP contribution is 2.38. The first-order valence-electron chi connectivity index (χ1n) is 8.56. The Morgan fingerprint density at radius 1 is 1.11 bits per heavy atom. The number of hydrogen-bond acceptors (Lipinski definition) is 6. The molecule has 7 N–H and O–H groups in total. The molecule has 0 unspecified atom stereocenters. The maximum atomic E-state index is 12.3. The molecule has 0 radical (unpaired) electrons. The zero-order valence-electron chi connectivity index (χ0n) is 16.0. The molecule has 0 aliphatic rings. The van der Waals surface area contributed by atoms with Gasteiger partial charge in [-0.25, -0.2) is 0 Å². The number of anilines is 1. The van der Waals surface area contributed by atoms with Gasteiger partial charge in [0.15, 0.2) is 5.75 Å². The van der Waals surface area contributed by atoms with E-state index in [0.717, 1.165) is 0 Å². The first kappa shape index (κ1) is 22.9. The number of rotatable bonds is 9. The first-order chi connectivity index (χ1) is 12.3. The Morgan fingerprint density at radius 2 is 1.59 bits per heavy atom. The highest BCUT2D eigenvalue weighted by Gasteiger charge is 2.22. The van der Waals surface area contributed by atoms with Crippen molar-refractivity contribution in [3.63, 3.8) is 0 Å². The zero-order valence-corrected chi connectivity index (χ0v) is 16.8. The molecule has 0 spiro atoms. The summed E-state index contributed by atoms with van der Waals surface area (Å²) >= 11 is 0. The van der Waals surface area contributed by atoms with Crippen molar-refractivity contribution in [3.05, 3.63) is 23.3 Å². The molecule has 0 aliphatic heterocycles. The minimum absolute atomic E-state index is 0.00418. The Morgan fingerprint density at radius 3 is 1.96 bits per heavy atom. The average Bonchev–Trinajstić information content (AvgIpc) is 2.51. The van der Waals surface area contributed by atoms with Gasteiger partial charge in [0.05, 0.1) is 6.04 Å². The van der Waals surface area contributed by atoms with Crippen LogP contribution in [-0.2, 0) is 19.9 Å². The number of hydrogen-bond donors (Lipinski definition) is 4. The Balaban J connectivity index is 3.26. The van der Waals surface area contributed by atoms with E-state index in [1.54, 1.807) is 12.1 Å². The third kappa shape index (κ3) is 7.16. The molecule has 1 atom stereocenters. The molecule has 0 fully saturated rings. The normalized spacial score (nSPS) is 12.9. The van der Waals surface area contributed by atoms with Crippen LogP contribution >= 0.6 is 0 Å². The van der Waals surface area contributed by atoms with E-state index in [1.807, 2.05) is 27.7 Å². The lowest BCUT2D eigenvalue weighted by Crippen LogP contribution is -2.36. The van der Waals surface area contributed by atoms with Crippen LogP contribution in [0.5, 0.6) is 5.75 Å². The number of carbonyl (C=O) groups excluding carboxylic acids is 2. The number of benzene rings is 1. The maximum absolute atomic E-state index is 12.3. The molecule has 0 bridgehead atoms. The predicted molar refractivity (Wildman–Crippen MR) is 103 cm³/mol. The SMILES string of the molecule is CC(C)c1cc(NC(=O)[C@@H](N)CCC(N)=O)cc(C(C)C)c1OS(N)(=O)=O. The van der Waals surface area contributed by atoms with Gasteiger partial charge in [0, 0.05) is 23.2 Å². The van der Waals surface area contributed by atoms with Crippen molar-refractivity contribution in [2.75, 3.05) is 5.32 Å². The van der Waals surface area contributed by atoms with Crippen LogP contribution in [0.1, 0.15) is 63.5 Å². The number of nitrogens with one attached hydrogen (secondary N) is 1. The number of carbonyl (C=O) groups is 2. The molecule has 10 heteroatoms. The Hall–Kier alpha value is -2.17. The molecular formula is C17H28N4O5S. The standard InChI is InChI=1S/C17H28N4O5S/c1-9(2)12-7-11(21-17(23)14(18)5-6-15(19)22)8-13(10(3)4)16(12)26-27(20,24)25/h7-10,14H,5-6,18H2,1-4H3,(H2,19,22)(H,21,23)(H2,20,24,25)/t14-/m0/s1. The summed E-state index contributed by atoms with van der Waals surface area (Å²) in [5.74, 6) is -1.04. The first-order valence-corrected chi connectivity index (χ1v) is 10.0. The van der Waals surface area contributed by atoms with Crippen LogP contribution in [0.2, 0.25) is 0 Å². The summed E-state index contributed by atoms with van der Waals surface area (Å²) < 4.78 is 27.9. The predicted octanol–water partition coefficient (Wildman–Crippen LogP) is 1.05. The molecule has 0 heterocycles. The number of primary amides is 1. The summed E-state index contributed by atoms with van der Waals surface area (Å²) in [7, 11) is -4.21. The molecule has 9 nitrogen and oxygen atoms in total. The Kier molecular flexibility index (Phi) is 7.76.